The van der Waals surface area contributed by atoms with Gasteiger partial charge in [-0.15, -0.1) is 10.2 Å². The first-order valence-electron chi connectivity index (χ1n) is 9.71. The monoisotopic (exact) mass is 394 g/mol. The topological polar surface area (TPSA) is 65.2 Å². The number of ether oxygens (including phenoxy) is 1. The van der Waals surface area contributed by atoms with Gasteiger partial charge in [0.15, 0.2) is 6.10 Å². The van der Waals surface area contributed by atoms with Gasteiger partial charge < -0.3 is 9.15 Å². The summed E-state index contributed by atoms with van der Waals surface area (Å²) in [5, 5.41) is 11.8. The first kappa shape index (κ1) is 18.1. The van der Waals surface area contributed by atoms with Crippen LogP contribution in [0, 0.1) is 0 Å². The van der Waals surface area contributed by atoms with Crippen LogP contribution in [0.15, 0.2) is 89.3 Å². The molecule has 1 atom stereocenters. The van der Waals surface area contributed by atoms with Gasteiger partial charge in [-0.2, -0.15) is 0 Å². The van der Waals surface area contributed by atoms with Gasteiger partial charge >= 0.3 is 5.97 Å². The standard InChI is InChI=1S/C25H18N2O3/c1-16(23-26-27-24(30-23)17-9-3-2-4-10-17)29-25(28)22-20-13-7-5-11-18(20)15-19-12-6-8-14-21(19)22/h2-16H,1H3/t16-/m0/s1. The quantitative estimate of drug-likeness (QED) is 0.278. The lowest BCUT2D eigenvalue weighted by atomic mass is 9.97. The van der Waals surface area contributed by atoms with Gasteiger partial charge in [0, 0.05) is 5.56 Å². The van der Waals surface area contributed by atoms with E-state index in [4.69, 9.17) is 9.15 Å². The zero-order valence-corrected chi connectivity index (χ0v) is 16.3. The third-order valence-electron chi connectivity index (χ3n) is 5.07. The van der Waals surface area contributed by atoms with Crippen LogP contribution in [0.25, 0.3) is 33.0 Å². The van der Waals surface area contributed by atoms with Crippen LogP contribution in [0.1, 0.15) is 29.3 Å². The SMILES string of the molecule is C[C@H](OC(=O)c1c2ccccc2cc2ccccc12)c1nnc(-c2ccccc2)o1. The number of esters is 1. The third kappa shape index (κ3) is 3.20. The van der Waals surface area contributed by atoms with Crippen LogP contribution in [0.5, 0.6) is 0 Å². The molecule has 146 valence electrons. The molecule has 30 heavy (non-hydrogen) atoms. The van der Waals surface area contributed by atoms with E-state index in [2.05, 4.69) is 16.3 Å². The molecule has 0 bridgehead atoms. The van der Waals surface area contributed by atoms with Gasteiger partial charge in [-0.3, -0.25) is 0 Å². The molecule has 5 aromatic rings. The third-order valence-corrected chi connectivity index (χ3v) is 5.07. The van der Waals surface area contributed by atoms with Crippen LogP contribution in [0.3, 0.4) is 0 Å². The molecule has 0 spiro atoms. The maximum atomic E-state index is 13.2. The van der Waals surface area contributed by atoms with E-state index in [1.54, 1.807) is 6.92 Å². The van der Waals surface area contributed by atoms with E-state index >= 15 is 0 Å². The fraction of sp³-hybridized carbons (Fsp3) is 0.0800. The van der Waals surface area contributed by atoms with Crippen molar-refractivity contribution in [2.24, 2.45) is 0 Å². The van der Waals surface area contributed by atoms with Crippen LogP contribution < -0.4 is 0 Å². The summed E-state index contributed by atoms with van der Waals surface area (Å²) < 4.78 is 11.5. The van der Waals surface area contributed by atoms with Crippen molar-refractivity contribution in [3.05, 3.63) is 96.4 Å². The highest BCUT2D eigenvalue weighted by Crippen LogP contribution is 2.31. The predicted octanol–water partition coefficient (Wildman–Crippen LogP) is 5.96. The van der Waals surface area contributed by atoms with E-state index in [0.717, 1.165) is 27.1 Å². The summed E-state index contributed by atoms with van der Waals surface area (Å²) in [5.74, 6) is 0.228. The first-order valence-corrected chi connectivity index (χ1v) is 9.71. The molecule has 0 saturated heterocycles. The van der Waals surface area contributed by atoms with Gasteiger partial charge in [-0.25, -0.2) is 4.79 Å². The van der Waals surface area contributed by atoms with E-state index in [0.29, 0.717) is 11.5 Å². The second-order valence-electron chi connectivity index (χ2n) is 7.05. The maximum Gasteiger partial charge on any atom is 0.340 e. The summed E-state index contributed by atoms with van der Waals surface area (Å²) in [6.45, 7) is 1.73. The minimum Gasteiger partial charge on any atom is -0.449 e. The zero-order valence-electron chi connectivity index (χ0n) is 16.3. The van der Waals surface area contributed by atoms with Gasteiger partial charge in [-0.05, 0) is 46.7 Å². The largest absolute Gasteiger partial charge is 0.449 e. The average Bonchev–Trinajstić information content (AvgIpc) is 3.28. The molecule has 1 heterocycles. The molecular formula is C25H18N2O3. The van der Waals surface area contributed by atoms with Crippen molar-refractivity contribution in [2.75, 3.05) is 0 Å². The molecule has 0 radical (unpaired) electrons. The molecule has 0 N–H and O–H groups in total. The van der Waals surface area contributed by atoms with Crippen molar-refractivity contribution in [1.82, 2.24) is 10.2 Å². The van der Waals surface area contributed by atoms with Crippen LogP contribution in [-0.2, 0) is 4.74 Å². The lowest BCUT2D eigenvalue weighted by Gasteiger charge is -2.13. The van der Waals surface area contributed by atoms with Crippen molar-refractivity contribution in [2.45, 2.75) is 13.0 Å². The van der Waals surface area contributed by atoms with Crippen molar-refractivity contribution in [3.8, 4) is 11.5 Å². The molecule has 1 aromatic heterocycles. The van der Waals surface area contributed by atoms with E-state index in [-0.39, 0.29) is 5.89 Å². The summed E-state index contributed by atoms with van der Waals surface area (Å²) >= 11 is 0. The number of benzene rings is 4. The molecule has 0 aliphatic heterocycles. The number of nitrogens with zero attached hydrogens (tertiary/aromatic N) is 2. The van der Waals surface area contributed by atoms with E-state index in [1.807, 2.05) is 78.9 Å². The Morgan fingerprint density at radius 2 is 1.43 bits per heavy atom. The van der Waals surface area contributed by atoms with Gasteiger partial charge in [-0.1, -0.05) is 66.7 Å². The molecule has 5 heteroatoms. The van der Waals surface area contributed by atoms with Crippen molar-refractivity contribution >= 4 is 27.5 Å². The second kappa shape index (κ2) is 7.44. The highest BCUT2D eigenvalue weighted by molar-refractivity contribution is 6.16. The molecule has 0 fully saturated rings. The Morgan fingerprint density at radius 1 is 0.833 bits per heavy atom. The molecule has 4 aromatic carbocycles. The Balaban J connectivity index is 1.49. The zero-order chi connectivity index (χ0) is 20.5. The summed E-state index contributed by atoms with van der Waals surface area (Å²) in [6.07, 6.45) is -0.680. The fourth-order valence-corrected chi connectivity index (χ4v) is 3.60. The Morgan fingerprint density at radius 3 is 2.10 bits per heavy atom. The average molecular weight is 394 g/mol. The molecule has 5 rings (SSSR count). The van der Waals surface area contributed by atoms with E-state index < -0.39 is 12.1 Å². The fourth-order valence-electron chi connectivity index (χ4n) is 3.60. The first-order chi connectivity index (χ1) is 14.7. The molecule has 0 saturated carbocycles. The smallest absolute Gasteiger partial charge is 0.340 e. The Kier molecular flexibility index (Phi) is 4.48. The minimum atomic E-state index is -0.680. The van der Waals surface area contributed by atoms with Crippen LogP contribution in [0.4, 0.5) is 0 Å². The van der Waals surface area contributed by atoms with Crippen LogP contribution >= 0.6 is 0 Å². The van der Waals surface area contributed by atoms with Crippen LogP contribution in [-0.4, -0.2) is 16.2 Å². The summed E-state index contributed by atoms with van der Waals surface area (Å²) in [7, 11) is 0. The Labute approximate surface area is 172 Å². The summed E-state index contributed by atoms with van der Waals surface area (Å²) in [4.78, 5) is 13.2. The number of hydrogen-bond donors (Lipinski definition) is 0. The number of fused-ring (bicyclic) bond motifs is 2. The second-order valence-corrected chi connectivity index (χ2v) is 7.05. The van der Waals surface area contributed by atoms with E-state index in [1.165, 1.54) is 0 Å². The van der Waals surface area contributed by atoms with Gasteiger partial charge in [0.25, 0.3) is 5.89 Å². The molecule has 0 aliphatic carbocycles. The molecule has 0 aliphatic rings. The number of aromatic nitrogens is 2. The van der Waals surface area contributed by atoms with Gasteiger partial charge in [0.05, 0.1) is 5.56 Å². The number of hydrogen-bond acceptors (Lipinski definition) is 5. The van der Waals surface area contributed by atoms with Gasteiger partial charge in [0.2, 0.25) is 5.89 Å². The Bertz CT molecular complexity index is 1300. The normalized spacial score (nSPS) is 12.2. The Hall–Kier alpha value is -3.99. The van der Waals surface area contributed by atoms with Crippen molar-refractivity contribution in [1.29, 1.82) is 0 Å². The van der Waals surface area contributed by atoms with E-state index in [9.17, 15) is 4.79 Å². The molecular weight excluding hydrogens is 376 g/mol. The lowest BCUT2D eigenvalue weighted by Crippen LogP contribution is -2.10. The minimum absolute atomic E-state index is 0.256. The molecule has 5 nitrogen and oxygen atoms in total. The lowest BCUT2D eigenvalue weighted by molar-refractivity contribution is 0.0284. The predicted molar refractivity (Wildman–Crippen MR) is 115 cm³/mol. The number of rotatable bonds is 4. The summed E-state index contributed by atoms with van der Waals surface area (Å²) in [6, 6.07) is 27.2. The number of carbonyl (C=O) groups excluding carboxylic acids is 1. The molecule has 0 unspecified atom stereocenters. The van der Waals surface area contributed by atoms with Crippen LogP contribution in [0.2, 0.25) is 0 Å². The highest BCUT2D eigenvalue weighted by atomic mass is 16.6. The summed E-state index contributed by atoms with van der Waals surface area (Å²) in [5.41, 5.74) is 1.35. The molecule has 0 amide bonds. The number of carbonyl (C=O) groups is 1. The maximum absolute atomic E-state index is 13.2. The van der Waals surface area contributed by atoms with Crippen molar-refractivity contribution in [3.63, 3.8) is 0 Å². The van der Waals surface area contributed by atoms with Gasteiger partial charge in [0.1, 0.15) is 0 Å². The van der Waals surface area contributed by atoms with Crippen molar-refractivity contribution < 1.29 is 13.9 Å². The highest BCUT2D eigenvalue weighted by Gasteiger charge is 2.23.